The van der Waals surface area contributed by atoms with Crippen molar-refractivity contribution in [2.75, 3.05) is 23.7 Å². The Morgan fingerprint density at radius 3 is 2.83 bits per heavy atom. The van der Waals surface area contributed by atoms with Crippen molar-refractivity contribution in [3.05, 3.63) is 23.8 Å². The topological polar surface area (TPSA) is 86.8 Å². The van der Waals surface area contributed by atoms with Gasteiger partial charge in [-0.05, 0) is 31.5 Å². The first-order valence-electron chi connectivity index (χ1n) is 6.05. The molecule has 2 atom stereocenters. The van der Waals surface area contributed by atoms with E-state index in [1.807, 2.05) is 4.90 Å². The monoisotopic (exact) mass is 250 g/mol. The summed E-state index contributed by atoms with van der Waals surface area (Å²) in [4.78, 5) is 13.0. The van der Waals surface area contributed by atoms with Crippen LogP contribution in [0.1, 0.15) is 23.7 Å². The molecule has 1 aliphatic rings. The number of aromatic carboxylic acids is 1. The van der Waals surface area contributed by atoms with Crippen LogP contribution in [0.3, 0.4) is 0 Å². The van der Waals surface area contributed by atoms with Crippen LogP contribution in [0.4, 0.5) is 11.4 Å². The molecule has 1 saturated heterocycles. The average molecular weight is 250 g/mol. The number of nitrogens with two attached hydrogens (primary N) is 1. The molecular weight excluding hydrogens is 232 g/mol. The second kappa shape index (κ2) is 4.86. The van der Waals surface area contributed by atoms with E-state index < -0.39 is 5.97 Å². The van der Waals surface area contributed by atoms with Gasteiger partial charge in [-0.2, -0.15) is 0 Å². The minimum Gasteiger partial charge on any atom is -0.478 e. The van der Waals surface area contributed by atoms with Crippen LogP contribution in [-0.4, -0.2) is 35.4 Å². The third kappa shape index (κ3) is 2.41. The maximum absolute atomic E-state index is 11.0. The van der Waals surface area contributed by atoms with Crippen LogP contribution in [-0.2, 0) is 0 Å². The Balaban J connectivity index is 2.23. The SMILES string of the molecule is CC(O)C1CCN(c2cc(C(=O)O)ccc2N)C1. The largest absolute Gasteiger partial charge is 0.478 e. The fraction of sp³-hybridized carbons (Fsp3) is 0.462. The number of nitrogen functional groups attached to an aromatic ring is 1. The van der Waals surface area contributed by atoms with E-state index in [4.69, 9.17) is 10.8 Å². The Bertz CT molecular complexity index is 460. The molecule has 2 unspecified atom stereocenters. The molecule has 4 N–H and O–H groups in total. The highest BCUT2D eigenvalue weighted by Crippen LogP contribution is 2.30. The molecule has 0 amide bonds. The number of nitrogens with zero attached hydrogens (tertiary/aromatic N) is 1. The molecule has 1 heterocycles. The summed E-state index contributed by atoms with van der Waals surface area (Å²) in [5.74, 6) is -0.736. The Labute approximate surface area is 106 Å². The molecule has 0 spiro atoms. The molecule has 18 heavy (non-hydrogen) atoms. The zero-order chi connectivity index (χ0) is 13.3. The maximum Gasteiger partial charge on any atom is 0.335 e. The predicted molar refractivity (Wildman–Crippen MR) is 69.8 cm³/mol. The number of carboxylic acid groups (broad SMARTS) is 1. The molecule has 2 rings (SSSR count). The summed E-state index contributed by atoms with van der Waals surface area (Å²) in [6.45, 7) is 3.29. The summed E-state index contributed by atoms with van der Waals surface area (Å²) in [5, 5.41) is 18.6. The lowest BCUT2D eigenvalue weighted by atomic mass is 10.0. The first-order valence-corrected chi connectivity index (χ1v) is 6.05. The van der Waals surface area contributed by atoms with Gasteiger partial charge in [0.2, 0.25) is 0 Å². The van der Waals surface area contributed by atoms with Gasteiger partial charge in [-0.3, -0.25) is 0 Å². The second-order valence-corrected chi connectivity index (χ2v) is 4.81. The van der Waals surface area contributed by atoms with Crippen LogP contribution in [0.5, 0.6) is 0 Å². The van der Waals surface area contributed by atoms with Crippen LogP contribution >= 0.6 is 0 Å². The molecule has 1 aromatic carbocycles. The van der Waals surface area contributed by atoms with Crippen LogP contribution in [0.15, 0.2) is 18.2 Å². The molecule has 0 bridgehead atoms. The van der Waals surface area contributed by atoms with E-state index >= 15 is 0 Å². The van der Waals surface area contributed by atoms with Crippen LogP contribution < -0.4 is 10.6 Å². The Morgan fingerprint density at radius 1 is 1.56 bits per heavy atom. The van der Waals surface area contributed by atoms with Gasteiger partial charge in [-0.1, -0.05) is 0 Å². The fourth-order valence-corrected chi connectivity index (χ4v) is 2.35. The molecular formula is C13H18N2O3. The maximum atomic E-state index is 11.0. The Morgan fingerprint density at radius 2 is 2.28 bits per heavy atom. The number of carbonyl (C=O) groups is 1. The second-order valence-electron chi connectivity index (χ2n) is 4.81. The van der Waals surface area contributed by atoms with Gasteiger partial charge in [0.25, 0.3) is 0 Å². The van der Waals surface area contributed by atoms with Crippen molar-refractivity contribution in [3.63, 3.8) is 0 Å². The standard InChI is InChI=1S/C13H18N2O3/c1-8(16)10-4-5-15(7-10)12-6-9(13(17)18)2-3-11(12)14/h2-3,6,8,10,16H,4-5,7,14H2,1H3,(H,17,18). The molecule has 5 nitrogen and oxygen atoms in total. The first kappa shape index (κ1) is 12.7. The van der Waals surface area contributed by atoms with Gasteiger partial charge in [-0.25, -0.2) is 4.79 Å². The third-order valence-electron chi connectivity index (χ3n) is 3.53. The van der Waals surface area contributed by atoms with E-state index in [1.165, 1.54) is 6.07 Å². The number of rotatable bonds is 3. The molecule has 1 fully saturated rings. The van der Waals surface area contributed by atoms with Gasteiger partial charge in [0.1, 0.15) is 0 Å². The van der Waals surface area contributed by atoms with Gasteiger partial charge in [0.15, 0.2) is 0 Å². The van der Waals surface area contributed by atoms with Crippen molar-refractivity contribution < 1.29 is 15.0 Å². The summed E-state index contributed by atoms with van der Waals surface area (Å²) in [6.07, 6.45) is 0.549. The van der Waals surface area contributed by atoms with E-state index in [9.17, 15) is 9.90 Å². The summed E-state index contributed by atoms with van der Waals surface area (Å²) >= 11 is 0. The summed E-state index contributed by atoms with van der Waals surface area (Å²) in [6, 6.07) is 4.72. The van der Waals surface area contributed by atoms with Crippen LogP contribution in [0.2, 0.25) is 0 Å². The molecule has 0 aliphatic carbocycles. The van der Waals surface area contributed by atoms with Crippen molar-refractivity contribution in [2.24, 2.45) is 5.92 Å². The zero-order valence-corrected chi connectivity index (χ0v) is 10.3. The molecule has 5 heteroatoms. The van der Waals surface area contributed by atoms with E-state index in [0.717, 1.165) is 18.7 Å². The third-order valence-corrected chi connectivity index (χ3v) is 3.53. The van der Waals surface area contributed by atoms with Crippen molar-refractivity contribution in [3.8, 4) is 0 Å². The highest BCUT2D eigenvalue weighted by Gasteiger charge is 2.27. The first-order chi connectivity index (χ1) is 8.49. The Hall–Kier alpha value is -1.75. The highest BCUT2D eigenvalue weighted by molar-refractivity contribution is 5.90. The van der Waals surface area contributed by atoms with Gasteiger partial charge in [0, 0.05) is 19.0 Å². The molecule has 98 valence electrons. The molecule has 0 saturated carbocycles. The van der Waals surface area contributed by atoms with Crippen LogP contribution in [0, 0.1) is 5.92 Å². The number of carboxylic acids is 1. The van der Waals surface area contributed by atoms with Gasteiger partial charge in [-0.15, -0.1) is 0 Å². The number of aliphatic hydroxyl groups is 1. The van der Waals surface area contributed by atoms with Crippen molar-refractivity contribution in [2.45, 2.75) is 19.4 Å². The summed E-state index contributed by atoms with van der Waals surface area (Å²) in [7, 11) is 0. The number of aliphatic hydroxyl groups excluding tert-OH is 1. The van der Waals surface area contributed by atoms with E-state index in [-0.39, 0.29) is 17.6 Å². The fourth-order valence-electron chi connectivity index (χ4n) is 2.35. The predicted octanol–water partition coefficient (Wildman–Crippen LogP) is 1.17. The van der Waals surface area contributed by atoms with Crippen molar-refractivity contribution in [1.29, 1.82) is 0 Å². The lowest BCUT2D eigenvalue weighted by molar-refractivity contribution is 0.0697. The smallest absolute Gasteiger partial charge is 0.335 e. The highest BCUT2D eigenvalue weighted by atomic mass is 16.4. The van der Waals surface area contributed by atoms with Gasteiger partial charge in [0.05, 0.1) is 23.0 Å². The van der Waals surface area contributed by atoms with E-state index in [1.54, 1.807) is 19.1 Å². The van der Waals surface area contributed by atoms with E-state index in [2.05, 4.69) is 0 Å². The molecule has 1 aliphatic heterocycles. The quantitative estimate of drug-likeness (QED) is 0.701. The normalized spacial score (nSPS) is 21.0. The number of anilines is 2. The Kier molecular flexibility index (Phi) is 3.43. The average Bonchev–Trinajstić information content (AvgIpc) is 2.78. The minimum absolute atomic E-state index is 0.220. The minimum atomic E-state index is -0.956. The lowest BCUT2D eigenvalue weighted by Gasteiger charge is -2.21. The molecule has 0 aromatic heterocycles. The van der Waals surface area contributed by atoms with Gasteiger partial charge < -0.3 is 20.8 Å². The number of hydrogen-bond acceptors (Lipinski definition) is 4. The van der Waals surface area contributed by atoms with E-state index in [0.29, 0.717) is 12.2 Å². The van der Waals surface area contributed by atoms with Crippen LogP contribution in [0.25, 0.3) is 0 Å². The summed E-state index contributed by atoms with van der Waals surface area (Å²) < 4.78 is 0. The van der Waals surface area contributed by atoms with Crippen molar-refractivity contribution in [1.82, 2.24) is 0 Å². The lowest BCUT2D eigenvalue weighted by Crippen LogP contribution is -2.24. The number of benzene rings is 1. The van der Waals surface area contributed by atoms with Crippen molar-refractivity contribution >= 4 is 17.3 Å². The van der Waals surface area contributed by atoms with Gasteiger partial charge >= 0.3 is 5.97 Å². The number of hydrogen-bond donors (Lipinski definition) is 3. The molecule has 1 aromatic rings. The zero-order valence-electron chi connectivity index (χ0n) is 10.3. The summed E-state index contributed by atoms with van der Waals surface area (Å²) in [5.41, 5.74) is 7.45. The molecule has 0 radical (unpaired) electrons.